The fourth-order valence-electron chi connectivity index (χ4n) is 2.34. The summed E-state index contributed by atoms with van der Waals surface area (Å²) in [7, 11) is 0. The lowest BCUT2D eigenvalue weighted by Gasteiger charge is -2.18. The summed E-state index contributed by atoms with van der Waals surface area (Å²) in [5.41, 5.74) is 3.85. The molecule has 0 aliphatic heterocycles. The minimum absolute atomic E-state index is 0.308. The van der Waals surface area contributed by atoms with Gasteiger partial charge in [0.25, 0.3) is 0 Å². The van der Waals surface area contributed by atoms with E-state index in [0.29, 0.717) is 6.04 Å². The maximum absolute atomic E-state index is 6.45. The van der Waals surface area contributed by atoms with Crippen molar-refractivity contribution < 1.29 is 0 Å². The van der Waals surface area contributed by atoms with Crippen LogP contribution in [0.5, 0.6) is 0 Å². The van der Waals surface area contributed by atoms with Gasteiger partial charge >= 0.3 is 0 Å². The van der Waals surface area contributed by atoms with Crippen LogP contribution in [0.2, 0.25) is 5.02 Å². The minimum atomic E-state index is 0.308. The zero-order valence-electron chi connectivity index (χ0n) is 12.4. The van der Waals surface area contributed by atoms with Crippen molar-refractivity contribution in [2.75, 3.05) is 6.54 Å². The van der Waals surface area contributed by atoms with E-state index in [4.69, 9.17) is 11.6 Å². The Balaban J connectivity index is 2.21. The van der Waals surface area contributed by atoms with Crippen LogP contribution in [0.1, 0.15) is 41.0 Å². The topological polar surface area (TPSA) is 12.0 Å². The predicted octanol–water partition coefficient (Wildman–Crippen LogP) is 5.30. The second kappa shape index (κ2) is 7.26. The zero-order valence-corrected chi connectivity index (χ0v) is 13.9. The van der Waals surface area contributed by atoms with E-state index in [1.165, 1.54) is 21.6 Å². The van der Waals surface area contributed by atoms with Gasteiger partial charge in [-0.1, -0.05) is 48.4 Å². The molecule has 0 aliphatic rings. The molecule has 20 heavy (non-hydrogen) atoms. The average Bonchev–Trinajstić information content (AvgIpc) is 2.75. The Morgan fingerprint density at radius 2 is 2.10 bits per heavy atom. The first-order valence-electron chi connectivity index (χ1n) is 7.14. The van der Waals surface area contributed by atoms with E-state index < -0.39 is 0 Å². The molecule has 0 saturated heterocycles. The minimum Gasteiger partial charge on any atom is -0.309 e. The van der Waals surface area contributed by atoms with Crippen LogP contribution < -0.4 is 5.32 Å². The first-order valence-corrected chi connectivity index (χ1v) is 8.40. The van der Waals surface area contributed by atoms with Crippen LogP contribution in [0.3, 0.4) is 0 Å². The Labute approximate surface area is 131 Å². The van der Waals surface area contributed by atoms with Crippen molar-refractivity contribution in [1.29, 1.82) is 0 Å². The number of benzene rings is 1. The first kappa shape index (κ1) is 15.6. The molecule has 1 nitrogen and oxygen atoms in total. The summed E-state index contributed by atoms with van der Waals surface area (Å²) in [4.78, 5) is 1.26. The average molecular weight is 308 g/mol. The molecule has 1 heterocycles. The van der Waals surface area contributed by atoms with E-state index in [2.05, 4.69) is 55.7 Å². The molecule has 1 aromatic carbocycles. The number of hydrogen-bond acceptors (Lipinski definition) is 2. The molecule has 1 aromatic heterocycles. The van der Waals surface area contributed by atoms with Crippen molar-refractivity contribution in [2.45, 2.75) is 39.7 Å². The van der Waals surface area contributed by atoms with Crippen LogP contribution in [-0.2, 0) is 6.42 Å². The SMILES string of the molecule is CCCNC(Cc1cccc(C)c1)c1scc(C)c1Cl. The maximum atomic E-state index is 6.45. The van der Waals surface area contributed by atoms with E-state index in [0.717, 1.165) is 24.4 Å². The summed E-state index contributed by atoms with van der Waals surface area (Å²) < 4.78 is 0. The number of nitrogens with one attached hydrogen (secondary N) is 1. The largest absolute Gasteiger partial charge is 0.309 e. The predicted molar refractivity (Wildman–Crippen MR) is 90.0 cm³/mol. The fraction of sp³-hybridized carbons (Fsp3) is 0.412. The Kier molecular flexibility index (Phi) is 5.64. The molecule has 0 aliphatic carbocycles. The number of aryl methyl sites for hydroxylation is 2. The molecule has 0 saturated carbocycles. The molecule has 1 N–H and O–H groups in total. The lowest BCUT2D eigenvalue weighted by molar-refractivity contribution is 0.536. The quantitative estimate of drug-likeness (QED) is 0.763. The lowest BCUT2D eigenvalue weighted by Crippen LogP contribution is -2.23. The van der Waals surface area contributed by atoms with E-state index in [1.807, 2.05) is 0 Å². The highest BCUT2D eigenvalue weighted by atomic mass is 35.5. The van der Waals surface area contributed by atoms with Gasteiger partial charge < -0.3 is 5.32 Å². The third-order valence-electron chi connectivity index (χ3n) is 3.40. The molecule has 0 spiro atoms. The standard InChI is InChI=1S/C17H22ClNS/c1-4-8-19-15(17-16(18)13(3)11-20-17)10-14-7-5-6-12(2)9-14/h5-7,9,11,15,19H,4,8,10H2,1-3H3. The molecule has 2 aromatic rings. The van der Waals surface area contributed by atoms with Gasteiger partial charge in [-0.3, -0.25) is 0 Å². The second-order valence-electron chi connectivity index (χ2n) is 5.30. The van der Waals surface area contributed by atoms with Crippen LogP contribution >= 0.6 is 22.9 Å². The molecule has 1 atom stereocenters. The summed E-state index contributed by atoms with van der Waals surface area (Å²) in [5.74, 6) is 0. The van der Waals surface area contributed by atoms with Crippen molar-refractivity contribution in [2.24, 2.45) is 0 Å². The summed E-state index contributed by atoms with van der Waals surface area (Å²) >= 11 is 8.21. The summed E-state index contributed by atoms with van der Waals surface area (Å²) in [6.45, 7) is 7.42. The van der Waals surface area contributed by atoms with E-state index in [-0.39, 0.29) is 0 Å². The van der Waals surface area contributed by atoms with Gasteiger partial charge in [0.15, 0.2) is 0 Å². The molecule has 1 unspecified atom stereocenters. The van der Waals surface area contributed by atoms with Gasteiger partial charge in [-0.25, -0.2) is 0 Å². The van der Waals surface area contributed by atoms with Crippen molar-refractivity contribution in [3.63, 3.8) is 0 Å². The molecule has 0 fully saturated rings. The van der Waals surface area contributed by atoms with Gasteiger partial charge in [-0.15, -0.1) is 11.3 Å². The van der Waals surface area contributed by atoms with E-state index in [9.17, 15) is 0 Å². The molecule has 0 bridgehead atoms. The van der Waals surface area contributed by atoms with Crippen molar-refractivity contribution >= 4 is 22.9 Å². The van der Waals surface area contributed by atoms with Crippen LogP contribution in [-0.4, -0.2) is 6.54 Å². The molecule has 0 radical (unpaired) electrons. The van der Waals surface area contributed by atoms with E-state index in [1.54, 1.807) is 11.3 Å². The van der Waals surface area contributed by atoms with Crippen molar-refractivity contribution in [1.82, 2.24) is 5.32 Å². The third kappa shape index (κ3) is 3.85. The van der Waals surface area contributed by atoms with Gasteiger partial charge in [-0.05, 0) is 49.7 Å². The number of hydrogen-bond donors (Lipinski definition) is 1. The summed E-state index contributed by atoms with van der Waals surface area (Å²) in [6.07, 6.45) is 2.12. The number of rotatable bonds is 6. The fourth-order valence-corrected chi connectivity index (χ4v) is 3.74. The van der Waals surface area contributed by atoms with Crippen LogP contribution in [0, 0.1) is 13.8 Å². The molecular formula is C17H22ClNS. The molecule has 3 heteroatoms. The second-order valence-corrected chi connectivity index (χ2v) is 6.59. The molecule has 108 valence electrons. The summed E-state index contributed by atoms with van der Waals surface area (Å²) in [5, 5.41) is 6.71. The smallest absolute Gasteiger partial charge is 0.0590 e. The van der Waals surface area contributed by atoms with Crippen LogP contribution in [0.25, 0.3) is 0 Å². The van der Waals surface area contributed by atoms with Gasteiger partial charge in [0.2, 0.25) is 0 Å². The van der Waals surface area contributed by atoms with Crippen LogP contribution in [0.15, 0.2) is 29.6 Å². The van der Waals surface area contributed by atoms with Gasteiger partial charge in [0, 0.05) is 10.9 Å². The Morgan fingerprint density at radius 1 is 1.30 bits per heavy atom. The highest BCUT2D eigenvalue weighted by molar-refractivity contribution is 7.10. The lowest BCUT2D eigenvalue weighted by atomic mass is 10.0. The van der Waals surface area contributed by atoms with Crippen molar-refractivity contribution in [3.05, 3.63) is 56.2 Å². The highest BCUT2D eigenvalue weighted by Crippen LogP contribution is 2.34. The molecular weight excluding hydrogens is 286 g/mol. The number of thiophene rings is 1. The third-order valence-corrected chi connectivity index (χ3v) is 5.23. The number of halogens is 1. The normalized spacial score (nSPS) is 12.6. The Morgan fingerprint density at radius 3 is 2.70 bits per heavy atom. The van der Waals surface area contributed by atoms with Gasteiger partial charge in [0.1, 0.15) is 0 Å². The Hall–Kier alpha value is -0.830. The zero-order chi connectivity index (χ0) is 14.5. The van der Waals surface area contributed by atoms with Gasteiger partial charge in [-0.2, -0.15) is 0 Å². The first-order chi connectivity index (χ1) is 9.61. The maximum Gasteiger partial charge on any atom is 0.0590 e. The Bertz CT molecular complexity index is 562. The molecule has 2 rings (SSSR count). The van der Waals surface area contributed by atoms with Crippen molar-refractivity contribution in [3.8, 4) is 0 Å². The van der Waals surface area contributed by atoms with Crippen LogP contribution in [0.4, 0.5) is 0 Å². The highest BCUT2D eigenvalue weighted by Gasteiger charge is 2.18. The van der Waals surface area contributed by atoms with Gasteiger partial charge in [0.05, 0.1) is 5.02 Å². The van der Waals surface area contributed by atoms with E-state index >= 15 is 0 Å². The monoisotopic (exact) mass is 307 g/mol. The summed E-state index contributed by atoms with van der Waals surface area (Å²) in [6, 6.07) is 9.03. The molecule has 0 amide bonds.